The van der Waals surface area contributed by atoms with Gasteiger partial charge in [-0.25, -0.2) is 0 Å². The fourth-order valence-electron chi connectivity index (χ4n) is 0.142. The van der Waals surface area contributed by atoms with Crippen LogP contribution in [0, 0.1) is 6.92 Å². The highest BCUT2D eigenvalue weighted by Gasteiger charge is 1.87. The number of thiocarbonyl (C=S) groups is 1. The van der Waals surface area contributed by atoms with E-state index in [1.807, 2.05) is 0 Å². The third-order valence-corrected chi connectivity index (χ3v) is 1.51. The second kappa shape index (κ2) is 4.40. The van der Waals surface area contributed by atoms with Crippen LogP contribution in [-0.2, 0) is 4.74 Å². The van der Waals surface area contributed by atoms with Gasteiger partial charge >= 0.3 is 0 Å². The molecule has 0 aromatic carbocycles. The van der Waals surface area contributed by atoms with Crippen LogP contribution in [0.2, 0.25) is 0 Å². The Bertz CT molecular complexity index is 62.7. The first-order valence-corrected chi connectivity index (χ1v) is 3.20. The molecule has 0 heterocycles. The molecule has 0 unspecified atom stereocenters. The minimum absolute atomic E-state index is 0.565. The van der Waals surface area contributed by atoms with Gasteiger partial charge in [0, 0.05) is 5.75 Å². The number of methoxy groups -OCH3 is 1. The molecule has 3 heteroatoms. The van der Waals surface area contributed by atoms with Crippen molar-refractivity contribution < 1.29 is 4.74 Å². The van der Waals surface area contributed by atoms with Gasteiger partial charge in [0.25, 0.3) is 0 Å². The first-order valence-electron chi connectivity index (χ1n) is 1.81. The van der Waals surface area contributed by atoms with E-state index in [0.717, 1.165) is 5.75 Å². The van der Waals surface area contributed by atoms with Gasteiger partial charge in [0.1, 0.15) is 0 Å². The zero-order chi connectivity index (χ0) is 5.70. The zero-order valence-electron chi connectivity index (χ0n) is 4.14. The summed E-state index contributed by atoms with van der Waals surface area (Å²) < 4.78 is 5.21. The monoisotopic (exact) mass is 135 g/mol. The average molecular weight is 135 g/mol. The van der Waals surface area contributed by atoms with Crippen LogP contribution < -0.4 is 0 Å². The second-order valence-electron chi connectivity index (χ2n) is 0.803. The van der Waals surface area contributed by atoms with E-state index in [-0.39, 0.29) is 0 Å². The summed E-state index contributed by atoms with van der Waals surface area (Å²) in [6.07, 6.45) is 0. The molecular formula is C4H7OS2. The molecule has 1 radical (unpaired) electrons. The van der Waals surface area contributed by atoms with Crippen molar-refractivity contribution in [2.24, 2.45) is 0 Å². The molecule has 0 aliphatic rings. The topological polar surface area (TPSA) is 9.23 Å². The Balaban J connectivity index is 3.00. The maximum atomic E-state index is 4.66. The summed E-state index contributed by atoms with van der Waals surface area (Å²) in [7, 11) is 1.56. The van der Waals surface area contributed by atoms with Crippen LogP contribution in [0.4, 0.5) is 0 Å². The lowest BCUT2D eigenvalue weighted by Crippen LogP contribution is -1.89. The van der Waals surface area contributed by atoms with Gasteiger partial charge in [0.05, 0.1) is 7.11 Å². The number of rotatable bonds is 1. The quantitative estimate of drug-likeness (QED) is 0.504. The molecule has 0 spiro atoms. The summed E-state index contributed by atoms with van der Waals surface area (Å²) in [4.78, 5) is 0. The van der Waals surface area contributed by atoms with E-state index in [2.05, 4.69) is 23.9 Å². The van der Waals surface area contributed by atoms with Crippen LogP contribution in [-0.4, -0.2) is 17.2 Å². The Morgan fingerprint density at radius 2 is 2.57 bits per heavy atom. The van der Waals surface area contributed by atoms with E-state index in [4.69, 9.17) is 0 Å². The van der Waals surface area contributed by atoms with E-state index in [1.54, 1.807) is 7.11 Å². The summed E-state index contributed by atoms with van der Waals surface area (Å²) in [6.45, 7) is 3.57. The summed E-state index contributed by atoms with van der Waals surface area (Å²) in [5.74, 6) is 0.743. The van der Waals surface area contributed by atoms with E-state index < -0.39 is 0 Å². The summed E-state index contributed by atoms with van der Waals surface area (Å²) in [5, 5.41) is 0. The Morgan fingerprint density at radius 3 is 2.71 bits per heavy atom. The molecule has 0 rings (SSSR count). The number of ether oxygens (including phenoxy) is 1. The maximum Gasteiger partial charge on any atom is 0.219 e. The average Bonchev–Trinajstić information content (AvgIpc) is 1.68. The first kappa shape index (κ1) is 7.24. The van der Waals surface area contributed by atoms with Crippen molar-refractivity contribution in [2.45, 2.75) is 0 Å². The minimum atomic E-state index is 0.565. The van der Waals surface area contributed by atoms with Gasteiger partial charge in [-0.1, -0.05) is 11.8 Å². The molecule has 0 aliphatic heterocycles. The van der Waals surface area contributed by atoms with Crippen LogP contribution in [0.25, 0.3) is 0 Å². The Morgan fingerprint density at radius 1 is 2.00 bits per heavy atom. The predicted molar refractivity (Wildman–Crippen MR) is 37.4 cm³/mol. The van der Waals surface area contributed by atoms with Gasteiger partial charge in [-0.05, 0) is 19.1 Å². The van der Waals surface area contributed by atoms with Gasteiger partial charge in [-0.15, -0.1) is 0 Å². The molecule has 0 aromatic heterocycles. The summed E-state index contributed by atoms with van der Waals surface area (Å²) in [5.41, 5.74) is 0. The van der Waals surface area contributed by atoms with E-state index in [0.29, 0.717) is 4.38 Å². The number of hydrogen-bond acceptors (Lipinski definition) is 3. The maximum absolute atomic E-state index is 4.66. The standard InChI is InChI=1S/C4H7OS2/c1-3-7-4(6)5-2/h1,3H2,2H3. The first-order chi connectivity index (χ1) is 3.31. The normalized spacial score (nSPS) is 8.29. The van der Waals surface area contributed by atoms with Crippen LogP contribution in [0.5, 0.6) is 0 Å². The van der Waals surface area contributed by atoms with Crippen LogP contribution in [0.1, 0.15) is 0 Å². The number of thioether (sulfide) groups is 1. The lowest BCUT2D eigenvalue weighted by atomic mass is 11.0. The van der Waals surface area contributed by atoms with Gasteiger partial charge in [-0.3, -0.25) is 0 Å². The third-order valence-electron chi connectivity index (χ3n) is 0.387. The van der Waals surface area contributed by atoms with Crippen molar-refractivity contribution in [3.8, 4) is 0 Å². The van der Waals surface area contributed by atoms with Crippen molar-refractivity contribution in [3.05, 3.63) is 6.92 Å². The second-order valence-corrected chi connectivity index (χ2v) is 2.50. The SMILES string of the molecule is [CH2]CSC(=S)OC. The van der Waals surface area contributed by atoms with E-state index in [9.17, 15) is 0 Å². The van der Waals surface area contributed by atoms with Crippen molar-refractivity contribution >= 4 is 28.4 Å². The molecule has 1 nitrogen and oxygen atoms in total. The molecule has 0 saturated carbocycles. The molecular weight excluding hydrogens is 128 g/mol. The predicted octanol–water partition coefficient (Wildman–Crippen LogP) is 1.48. The number of hydrogen-bond donors (Lipinski definition) is 0. The molecule has 0 aromatic rings. The molecule has 0 aliphatic carbocycles. The van der Waals surface area contributed by atoms with Crippen molar-refractivity contribution in [1.82, 2.24) is 0 Å². The Labute approximate surface area is 53.4 Å². The molecule has 0 atom stereocenters. The smallest absolute Gasteiger partial charge is 0.219 e. The van der Waals surface area contributed by atoms with Crippen LogP contribution >= 0.6 is 24.0 Å². The Hall–Kier alpha value is 0.240. The summed E-state index contributed by atoms with van der Waals surface area (Å²) >= 11 is 6.08. The van der Waals surface area contributed by atoms with Crippen molar-refractivity contribution in [3.63, 3.8) is 0 Å². The Kier molecular flexibility index (Phi) is 4.55. The van der Waals surface area contributed by atoms with Gasteiger partial charge in [-0.2, -0.15) is 0 Å². The van der Waals surface area contributed by atoms with Crippen molar-refractivity contribution in [1.29, 1.82) is 0 Å². The third kappa shape index (κ3) is 4.09. The molecule has 0 amide bonds. The molecule has 0 saturated heterocycles. The van der Waals surface area contributed by atoms with Gasteiger partial charge < -0.3 is 4.74 Å². The van der Waals surface area contributed by atoms with E-state index in [1.165, 1.54) is 11.8 Å². The lowest BCUT2D eigenvalue weighted by molar-refractivity contribution is 0.426. The zero-order valence-corrected chi connectivity index (χ0v) is 5.77. The highest BCUT2D eigenvalue weighted by atomic mass is 32.2. The van der Waals surface area contributed by atoms with Gasteiger partial charge in [0.2, 0.25) is 4.38 Å². The highest BCUT2D eigenvalue weighted by Crippen LogP contribution is 2.01. The molecule has 0 bridgehead atoms. The molecule has 0 N–H and O–H groups in total. The van der Waals surface area contributed by atoms with E-state index >= 15 is 0 Å². The fourth-order valence-corrected chi connectivity index (χ4v) is 0.677. The molecule has 41 valence electrons. The van der Waals surface area contributed by atoms with Crippen molar-refractivity contribution in [2.75, 3.05) is 12.9 Å². The van der Waals surface area contributed by atoms with Crippen LogP contribution in [0.3, 0.4) is 0 Å². The fraction of sp³-hybridized carbons (Fsp3) is 0.500. The summed E-state index contributed by atoms with van der Waals surface area (Å²) in [6, 6.07) is 0. The molecule has 7 heavy (non-hydrogen) atoms. The van der Waals surface area contributed by atoms with Gasteiger partial charge in [0.15, 0.2) is 0 Å². The van der Waals surface area contributed by atoms with Crippen LogP contribution in [0.15, 0.2) is 0 Å². The minimum Gasteiger partial charge on any atom is -0.482 e. The highest BCUT2D eigenvalue weighted by molar-refractivity contribution is 8.22. The lowest BCUT2D eigenvalue weighted by Gasteiger charge is -1.94. The molecule has 0 fully saturated rings. The largest absolute Gasteiger partial charge is 0.482 e.